The van der Waals surface area contributed by atoms with E-state index in [1.807, 2.05) is 0 Å². The molecule has 2 aromatic heterocycles. The molecule has 3 aromatic rings. The monoisotopic (exact) mass is 472 g/mol. The highest BCUT2D eigenvalue weighted by molar-refractivity contribution is 6.34. The summed E-state index contributed by atoms with van der Waals surface area (Å²) in [7, 11) is 0. The van der Waals surface area contributed by atoms with E-state index in [0.717, 1.165) is 28.3 Å². The minimum atomic E-state index is -5.08. The first-order valence-electron chi connectivity index (χ1n) is 9.82. The number of nitrogens with zero attached hydrogens (tertiary/aromatic N) is 2. The number of imide groups is 1. The number of aromatic amines is 1. The Hall–Kier alpha value is -4.48. The first-order valence-corrected chi connectivity index (χ1v) is 9.82. The molecule has 2 aliphatic heterocycles. The van der Waals surface area contributed by atoms with Gasteiger partial charge in [0.1, 0.15) is 5.82 Å². The molecule has 0 atom stereocenters. The number of carboxylic acid groups (broad SMARTS) is 1. The van der Waals surface area contributed by atoms with Gasteiger partial charge in [-0.2, -0.15) is 13.2 Å². The zero-order valence-electron chi connectivity index (χ0n) is 17.1. The van der Waals surface area contributed by atoms with Crippen LogP contribution in [-0.4, -0.2) is 51.5 Å². The number of pyridine rings is 1. The summed E-state index contributed by atoms with van der Waals surface area (Å²) in [6.07, 6.45) is -2.80. The second-order valence-electron chi connectivity index (χ2n) is 7.28. The number of halogens is 3. The molecule has 34 heavy (non-hydrogen) atoms. The summed E-state index contributed by atoms with van der Waals surface area (Å²) >= 11 is 0. The van der Waals surface area contributed by atoms with Crippen molar-refractivity contribution in [3.63, 3.8) is 0 Å². The highest BCUT2D eigenvalue weighted by atomic mass is 19.4. The topological polar surface area (TPSA) is 132 Å². The summed E-state index contributed by atoms with van der Waals surface area (Å²) in [5.74, 6) is -3.37. The van der Waals surface area contributed by atoms with Crippen LogP contribution in [0.25, 0.3) is 11.3 Å². The average Bonchev–Trinajstić information content (AvgIpc) is 3.35. The quantitative estimate of drug-likeness (QED) is 0.492. The van der Waals surface area contributed by atoms with Gasteiger partial charge in [0.25, 0.3) is 17.7 Å². The van der Waals surface area contributed by atoms with Gasteiger partial charge in [-0.25, -0.2) is 14.7 Å². The van der Waals surface area contributed by atoms with E-state index in [2.05, 4.69) is 15.3 Å². The van der Waals surface area contributed by atoms with Crippen LogP contribution in [0.4, 0.5) is 19.0 Å². The predicted octanol–water partition coefficient (Wildman–Crippen LogP) is 2.80. The Morgan fingerprint density at radius 3 is 2.18 bits per heavy atom. The molecule has 0 unspecified atom stereocenters. The minimum Gasteiger partial charge on any atom is -0.475 e. The average molecular weight is 472 g/mol. The molecular weight excluding hydrogens is 457 g/mol. The highest BCUT2D eigenvalue weighted by Gasteiger charge is 2.38. The Kier molecular flexibility index (Phi) is 5.65. The molecule has 0 spiro atoms. The number of carboxylic acids is 1. The smallest absolute Gasteiger partial charge is 0.475 e. The number of alkyl halides is 3. The van der Waals surface area contributed by atoms with Gasteiger partial charge >= 0.3 is 12.1 Å². The fourth-order valence-electron chi connectivity index (χ4n) is 3.55. The molecule has 0 bridgehead atoms. The van der Waals surface area contributed by atoms with Gasteiger partial charge in [-0.3, -0.25) is 14.4 Å². The molecule has 0 radical (unpaired) electrons. The number of hydrogen-bond acceptors (Lipinski definition) is 5. The van der Waals surface area contributed by atoms with Crippen LogP contribution in [-0.2, 0) is 11.2 Å². The van der Waals surface area contributed by atoms with Gasteiger partial charge < -0.3 is 15.4 Å². The molecule has 1 aromatic carbocycles. The van der Waals surface area contributed by atoms with Crippen molar-refractivity contribution < 1.29 is 37.5 Å². The van der Waals surface area contributed by atoms with E-state index >= 15 is 0 Å². The van der Waals surface area contributed by atoms with Crippen molar-refractivity contribution in [2.45, 2.75) is 12.6 Å². The maximum Gasteiger partial charge on any atom is 0.490 e. The largest absolute Gasteiger partial charge is 0.490 e. The van der Waals surface area contributed by atoms with Gasteiger partial charge in [0, 0.05) is 36.1 Å². The van der Waals surface area contributed by atoms with Crippen molar-refractivity contribution in [2.75, 3.05) is 11.4 Å². The molecule has 174 valence electrons. The maximum atomic E-state index is 12.7. The lowest BCUT2D eigenvalue weighted by molar-refractivity contribution is -0.192. The van der Waals surface area contributed by atoms with Crippen molar-refractivity contribution in [2.24, 2.45) is 0 Å². The van der Waals surface area contributed by atoms with Crippen LogP contribution in [0, 0.1) is 0 Å². The van der Waals surface area contributed by atoms with Crippen LogP contribution in [0.1, 0.15) is 36.8 Å². The molecule has 5 rings (SSSR count). The Morgan fingerprint density at radius 1 is 1.00 bits per heavy atom. The third-order valence-corrected chi connectivity index (χ3v) is 5.13. The fourth-order valence-corrected chi connectivity index (χ4v) is 3.55. The lowest BCUT2D eigenvalue weighted by Crippen LogP contribution is -2.31. The van der Waals surface area contributed by atoms with E-state index in [4.69, 9.17) is 9.90 Å². The number of hydrogen-bond donors (Lipinski definition) is 3. The third kappa shape index (κ3) is 4.12. The van der Waals surface area contributed by atoms with Crippen LogP contribution in [0.15, 0.2) is 48.7 Å². The number of amides is 3. The van der Waals surface area contributed by atoms with Crippen molar-refractivity contribution in [3.8, 4) is 11.3 Å². The van der Waals surface area contributed by atoms with E-state index in [1.165, 1.54) is 0 Å². The Bertz CT molecular complexity index is 1300. The van der Waals surface area contributed by atoms with Gasteiger partial charge in [0.2, 0.25) is 0 Å². The summed E-state index contributed by atoms with van der Waals surface area (Å²) in [6, 6.07) is 12.0. The first kappa shape index (κ1) is 22.7. The Balaban J connectivity index is 0.000000344. The number of carbonyl (C=O) groups is 4. The van der Waals surface area contributed by atoms with E-state index in [-0.39, 0.29) is 23.5 Å². The second kappa shape index (κ2) is 8.46. The van der Waals surface area contributed by atoms with Crippen LogP contribution in [0.2, 0.25) is 0 Å². The summed E-state index contributed by atoms with van der Waals surface area (Å²) in [6.45, 7) is 0.600. The second-order valence-corrected chi connectivity index (χ2v) is 7.28. The number of aromatic nitrogens is 2. The zero-order valence-corrected chi connectivity index (χ0v) is 17.1. The molecule has 3 N–H and O–H groups in total. The molecular formula is C22H15F3N4O5. The van der Waals surface area contributed by atoms with E-state index in [0.29, 0.717) is 23.2 Å². The van der Waals surface area contributed by atoms with Crippen molar-refractivity contribution >= 4 is 29.5 Å². The van der Waals surface area contributed by atoms with Gasteiger partial charge in [-0.1, -0.05) is 12.1 Å². The van der Waals surface area contributed by atoms with Gasteiger partial charge in [-0.05, 0) is 30.3 Å². The first-order chi connectivity index (χ1) is 16.1. The highest BCUT2D eigenvalue weighted by Crippen LogP contribution is 2.30. The molecule has 3 amide bonds. The minimum absolute atomic E-state index is 0.103. The molecule has 4 heterocycles. The SMILES string of the molecule is O=C(O)C(F)(F)F.O=C1NCCc2[nH]c(-c3ccnc(N4C(=O)c5ccccc5C4=O)c3)cc21. The number of carbonyl (C=O) groups excluding carboxylic acids is 3. The molecule has 12 heteroatoms. The van der Waals surface area contributed by atoms with E-state index in [9.17, 15) is 27.6 Å². The number of benzene rings is 1. The Labute approximate surface area is 189 Å². The number of nitrogens with one attached hydrogen (secondary N) is 2. The van der Waals surface area contributed by atoms with Gasteiger partial charge in [-0.15, -0.1) is 0 Å². The zero-order chi connectivity index (χ0) is 24.6. The molecule has 2 aliphatic rings. The van der Waals surface area contributed by atoms with E-state index < -0.39 is 12.1 Å². The number of rotatable bonds is 2. The lowest BCUT2D eigenvalue weighted by atomic mass is 10.1. The number of fused-ring (bicyclic) bond motifs is 2. The number of aliphatic carboxylic acids is 1. The standard InChI is InChI=1S/C20H14N4O3.C2HF3O2/c25-18-14-10-16(23-15(14)6-8-22-18)11-5-7-21-17(9-11)24-19(26)12-3-1-2-4-13(12)20(24)27;3-2(4,5)1(6)7/h1-5,7,9-10,23H,6,8H2,(H,22,25);(H,6,7). The molecule has 0 fully saturated rings. The van der Waals surface area contributed by atoms with Crippen molar-refractivity contribution in [1.29, 1.82) is 0 Å². The van der Waals surface area contributed by atoms with Crippen molar-refractivity contribution in [1.82, 2.24) is 15.3 Å². The van der Waals surface area contributed by atoms with E-state index in [1.54, 1.807) is 48.7 Å². The Morgan fingerprint density at radius 2 is 1.62 bits per heavy atom. The molecule has 0 saturated heterocycles. The van der Waals surface area contributed by atoms with Crippen LogP contribution in [0.3, 0.4) is 0 Å². The summed E-state index contributed by atoms with van der Waals surface area (Å²) in [5, 5.41) is 9.94. The van der Waals surface area contributed by atoms with Crippen LogP contribution >= 0.6 is 0 Å². The van der Waals surface area contributed by atoms with Crippen LogP contribution < -0.4 is 10.2 Å². The summed E-state index contributed by atoms with van der Waals surface area (Å²) in [5.41, 5.74) is 3.75. The van der Waals surface area contributed by atoms with Gasteiger partial charge in [0.05, 0.1) is 16.7 Å². The molecule has 0 saturated carbocycles. The van der Waals surface area contributed by atoms with Crippen LogP contribution in [0.5, 0.6) is 0 Å². The van der Waals surface area contributed by atoms with Crippen molar-refractivity contribution in [3.05, 3.63) is 71.0 Å². The third-order valence-electron chi connectivity index (χ3n) is 5.13. The molecule has 9 nitrogen and oxygen atoms in total. The summed E-state index contributed by atoms with van der Waals surface area (Å²) < 4.78 is 31.7. The number of H-pyrrole nitrogens is 1. The molecule has 0 aliphatic carbocycles. The lowest BCUT2D eigenvalue weighted by Gasteiger charge is -2.13. The number of anilines is 1. The normalized spacial score (nSPS) is 14.7. The predicted molar refractivity (Wildman–Crippen MR) is 111 cm³/mol. The summed E-state index contributed by atoms with van der Waals surface area (Å²) in [4.78, 5) is 54.8. The van der Waals surface area contributed by atoms with Gasteiger partial charge in [0.15, 0.2) is 0 Å². The fraction of sp³-hybridized carbons (Fsp3) is 0.136. The maximum absolute atomic E-state index is 12.7.